The Morgan fingerprint density at radius 3 is 2.29 bits per heavy atom. The number of allylic oxidation sites excluding steroid dienone is 1. The highest BCUT2D eigenvalue weighted by Crippen LogP contribution is 2.44. The third-order valence-electron chi connectivity index (χ3n) is 4.45. The lowest BCUT2D eigenvalue weighted by molar-refractivity contribution is -0.146. The summed E-state index contributed by atoms with van der Waals surface area (Å²) >= 11 is 12.5. The molecule has 2 atom stereocenters. The topological polar surface area (TPSA) is 55.7 Å². The van der Waals surface area contributed by atoms with Crippen LogP contribution in [-0.4, -0.2) is 22.9 Å². The highest BCUT2D eigenvalue weighted by molar-refractivity contribution is 6.42. The van der Waals surface area contributed by atoms with E-state index in [9.17, 15) is 9.59 Å². The first-order chi connectivity index (χ1) is 11.1. The summed E-state index contributed by atoms with van der Waals surface area (Å²) in [6.45, 7) is 7.25. The van der Waals surface area contributed by atoms with Crippen LogP contribution in [0, 0.1) is 11.3 Å². The van der Waals surface area contributed by atoms with Gasteiger partial charge in [-0.05, 0) is 30.5 Å². The van der Waals surface area contributed by atoms with Crippen molar-refractivity contribution in [3.63, 3.8) is 0 Å². The van der Waals surface area contributed by atoms with Gasteiger partial charge in [-0.2, -0.15) is 0 Å². The van der Waals surface area contributed by atoms with Crippen molar-refractivity contribution >= 4 is 40.5 Å². The molecular formula is C18H17Cl2NO3. The summed E-state index contributed by atoms with van der Waals surface area (Å²) in [7, 11) is 0. The number of nitrogens with zero attached hydrogens (tertiary/aromatic N) is 1. The van der Waals surface area contributed by atoms with Crippen LogP contribution in [0.25, 0.3) is 0 Å². The Hall–Kier alpha value is -1.65. The van der Waals surface area contributed by atoms with E-state index in [0.29, 0.717) is 26.9 Å². The van der Waals surface area contributed by atoms with E-state index in [0.717, 1.165) is 0 Å². The average molecular weight is 366 g/mol. The van der Waals surface area contributed by atoms with Crippen LogP contribution in [0.3, 0.4) is 0 Å². The number of benzene rings is 1. The molecule has 0 N–H and O–H groups in total. The monoisotopic (exact) mass is 365 g/mol. The van der Waals surface area contributed by atoms with Crippen LogP contribution in [0.2, 0.25) is 10.0 Å². The standard InChI is InChI=1S/C18H17Cl2NO3/c1-17(2,3)9-8-12(22)14-15(21-24-18(14,4)16(9)23)13-10(19)6-5-7-11(13)20/h5-8,14H,1-4H3. The maximum absolute atomic E-state index is 13.0. The number of Topliss-reactive ketones (excluding diaryl/α,β-unsaturated/α-hetero) is 1. The lowest BCUT2D eigenvalue weighted by Crippen LogP contribution is -2.52. The van der Waals surface area contributed by atoms with Crippen molar-refractivity contribution in [3.8, 4) is 0 Å². The van der Waals surface area contributed by atoms with Crippen molar-refractivity contribution in [2.24, 2.45) is 16.5 Å². The third kappa shape index (κ3) is 2.40. The third-order valence-corrected chi connectivity index (χ3v) is 5.08. The molecule has 0 radical (unpaired) electrons. The van der Waals surface area contributed by atoms with Crippen LogP contribution < -0.4 is 0 Å². The molecule has 1 aromatic carbocycles. The van der Waals surface area contributed by atoms with Crippen molar-refractivity contribution in [1.82, 2.24) is 0 Å². The molecular weight excluding hydrogens is 349 g/mol. The van der Waals surface area contributed by atoms with Gasteiger partial charge in [-0.3, -0.25) is 9.59 Å². The van der Waals surface area contributed by atoms with Gasteiger partial charge >= 0.3 is 0 Å². The van der Waals surface area contributed by atoms with Crippen LogP contribution in [0.15, 0.2) is 35.0 Å². The summed E-state index contributed by atoms with van der Waals surface area (Å²) in [4.78, 5) is 31.3. The first-order valence-corrected chi connectivity index (χ1v) is 8.34. The van der Waals surface area contributed by atoms with Gasteiger partial charge < -0.3 is 4.84 Å². The Kier molecular flexibility index (Phi) is 3.89. The molecule has 0 amide bonds. The summed E-state index contributed by atoms with van der Waals surface area (Å²) in [5.41, 5.74) is -0.659. The van der Waals surface area contributed by atoms with E-state index < -0.39 is 16.9 Å². The summed E-state index contributed by atoms with van der Waals surface area (Å²) in [5.74, 6) is -1.32. The van der Waals surface area contributed by atoms with Gasteiger partial charge in [0.1, 0.15) is 11.6 Å². The number of carbonyl (C=O) groups is 2. The normalized spacial score (nSPS) is 26.7. The number of carbonyl (C=O) groups excluding carboxylic acids is 2. The van der Waals surface area contributed by atoms with Crippen LogP contribution in [0.4, 0.5) is 0 Å². The van der Waals surface area contributed by atoms with Gasteiger partial charge in [0, 0.05) is 11.1 Å². The van der Waals surface area contributed by atoms with Crippen LogP contribution in [0.1, 0.15) is 33.3 Å². The zero-order valence-electron chi connectivity index (χ0n) is 13.8. The second-order valence-corrected chi connectivity index (χ2v) is 8.06. The van der Waals surface area contributed by atoms with E-state index in [-0.39, 0.29) is 11.6 Å². The molecule has 2 unspecified atom stereocenters. The smallest absolute Gasteiger partial charge is 0.212 e. The maximum atomic E-state index is 13.0. The van der Waals surface area contributed by atoms with E-state index in [1.165, 1.54) is 6.08 Å². The minimum atomic E-state index is -1.37. The van der Waals surface area contributed by atoms with Crippen LogP contribution >= 0.6 is 23.2 Å². The molecule has 1 aliphatic heterocycles. The van der Waals surface area contributed by atoms with Gasteiger partial charge in [0.25, 0.3) is 0 Å². The number of fused-ring (bicyclic) bond motifs is 1. The number of rotatable bonds is 1. The second-order valence-electron chi connectivity index (χ2n) is 7.24. The molecule has 1 heterocycles. The molecule has 0 bridgehead atoms. The summed E-state index contributed by atoms with van der Waals surface area (Å²) in [5, 5.41) is 4.76. The van der Waals surface area contributed by atoms with Gasteiger partial charge in [-0.25, -0.2) is 0 Å². The Labute approximate surface area is 150 Å². The summed E-state index contributed by atoms with van der Waals surface area (Å²) in [6, 6.07) is 5.02. The van der Waals surface area contributed by atoms with Gasteiger partial charge in [-0.1, -0.05) is 55.2 Å². The fraction of sp³-hybridized carbons (Fsp3) is 0.389. The van der Waals surface area contributed by atoms with Crippen molar-refractivity contribution in [1.29, 1.82) is 0 Å². The predicted molar refractivity (Wildman–Crippen MR) is 93.5 cm³/mol. The van der Waals surface area contributed by atoms with E-state index in [4.69, 9.17) is 28.0 Å². The van der Waals surface area contributed by atoms with Crippen molar-refractivity contribution in [2.45, 2.75) is 33.3 Å². The summed E-state index contributed by atoms with van der Waals surface area (Å²) < 4.78 is 0. The molecule has 1 aromatic rings. The molecule has 24 heavy (non-hydrogen) atoms. The molecule has 0 fully saturated rings. The first-order valence-electron chi connectivity index (χ1n) is 7.58. The Bertz CT molecular complexity index is 800. The van der Waals surface area contributed by atoms with Crippen molar-refractivity contribution in [2.75, 3.05) is 0 Å². The zero-order valence-corrected chi connectivity index (χ0v) is 15.3. The molecule has 2 aliphatic rings. The molecule has 4 nitrogen and oxygen atoms in total. The molecule has 126 valence electrons. The minimum Gasteiger partial charge on any atom is -0.380 e. The molecule has 0 saturated carbocycles. The lowest BCUT2D eigenvalue weighted by atomic mass is 9.67. The zero-order chi connectivity index (χ0) is 17.9. The SMILES string of the molecule is CC(C)(C)C1=CC(=O)C2C(c3c(Cl)cccc3Cl)=NOC2(C)C1=O. The highest BCUT2D eigenvalue weighted by atomic mass is 35.5. The number of oxime groups is 1. The van der Waals surface area contributed by atoms with E-state index in [2.05, 4.69) is 5.16 Å². The first kappa shape index (κ1) is 17.2. The number of hydrogen-bond acceptors (Lipinski definition) is 4. The fourth-order valence-corrected chi connectivity index (χ4v) is 3.73. The molecule has 3 rings (SSSR count). The highest BCUT2D eigenvalue weighted by Gasteiger charge is 2.59. The number of ketones is 2. The average Bonchev–Trinajstić information content (AvgIpc) is 2.81. The number of hydrogen-bond donors (Lipinski definition) is 0. The largest absolute Gasteiger partial charge is 0.380 e. The predicted octanol–water partition coefficient (Wildman–Crippen LogP) is 4.23. The lowest BCUT2D eigenvalue weighted by Gasteiger charge is -2.35. The van der Waals surface area contributed by atoms with Gasteiger partial charge in [0.15, 0.2) is 5.78 Å². The Morgan fingerprint density at radius 2 is 1.75 bits per heavy atom. The molecule has 1 aliphatic carbocycles. The van der Waals surface area contributed by atoms with E-state index in [1.807, 2.05) is 20.8 Å². The maximum Gasteiger partial charge on any atom is 0.212 e. The van der Waals surface area contributed by atoms with Crippen LogP contribution in [0.5, 0.6) is 0 Å². The summed E-state index contributed by atoms with van der Waals surface area (Å²) in [6.07, 6.45) is 1.41. The van der Waals surface area contributed by atoms with Crippen molar-refractivity contribution < 1.29 is 14.4 Å². The van der Waals surface area contributed by atoms with E-state index >= 15 is 0 Å². The van der Waals surface area contributed by atoms with Gasteiger partial charge in [-0.15, -0.1) is 0 Å². The van der Waals surface area contributed by atoms with E-state index in [1.54, 1.807) is 25.1 Å². The quantitative estimate of drug-likeness (QED) is 0.748. The van der Waals surface area contributed by atoms with Crippen LogP contribution in [-0.2, 0) is 14.4 Å². The van der Waals surface area contributed by atoms with Gasteiger partial charge in [0.05, 0.1) is 10.0 Å². The van der Waals surface area contributed by atoms with Gasteiger partial charge in [0.2, 0.25) is 11.4 Å². The molecule has 0 spiro atoms. The molecule has 6 heteroatoms. The van der Waals surface area contributed by atoms with Crippen molar-refractivity contribution in [3.05, 3.63) is 45.5 Å². The minimum absolute atomic E-state index is 0.228. The Balaban J connectivity index is 2.14. The Morgan fingerprint density at radius 1 is 1.17 bits per heavy atom. The number of halogens is 2. The fourth-order valence-electron chi connectivity index (χ4n) is 3.14. The molecule has 0 saturated heterocycles. The second kappa shape index (κ2) is 5.43. The molecule has 0 aromatic heterocycles.